The lowest BCUT2D eigenvalue weighted by molar-refractivity contribution is 0.0533. The second kappa shape index (κ2) is 9.36. The fraction of sp³-hybridized carbons (Fsp3) is 0.368. The monoisotopic (exact) mass is 342 g/mol. The molecule has 1 aromatic carbocycles. The zero-order chi connectivity index (χ0) is 18.9. The zero-order valence-corrected chi connectivity index (χ0v) is 14.9. The van der Waals surface area contributed by atoms with Crippen molar-refractivity contribution in [2.24, 2.45) is 5.73 Å². The summed E-state index contributed by atoms with van der Waals surface area (Å²) in [5.41, 5.74) is 6.25. The van der Waals surface area contributed by atoms with Gasteiger partial charge < -0.3 is 20.5 Å². The molecule has 0 heterocycles. The molecule has 1 rings (SSSR count). The van der Waals surface area contributed by atoms with Crippen molar-refractivity contribution in [3.05, 3.63) is 34.9 Å². The standard InChI is InChI=1S/C19H22N2O4/c1-19(2,3)25-18(23)21-12-6-8-15-13-14(7-5-11-20)9-10-16(15)17(22)24-4/h9-10,13H,11-12,20H2,1-4H3,(H,21,23). The molecule has 0 aliphatic carbocycles. The first-order valence-electron chi connectivity index (χ1n) is 7.64. The van der Waals surface area contributed by atoms with Gasteiger partial charge in [-0.2, -0.15) is 0 Å². The van der Waals surface area contributed by atoms with Crippen LogP contribution in [0.3, 0.4) is 0 Å². The lowest BCUT2D eigenvalue weighted by atomic mass is 10.0. The number of ether oxygens (including phenoxy) is 2. The second-order valence-corrected chi connectivity index (χ2v) is 5.92. The van der Waals surface area contributed by atoms with E-state index in [0.717, 1.165) is 0 Å². The van der Waals surface area contributed by atoms with E-state index in [-0.39, 0.29) is 13.1 Å². The van der Waals surface area contributed by atoms with Gasteiger partial charge in [-0.25, -0.2) is 9.59 Å². The number of methoxy groups -OCH3 is 1. The largest absolute Gasteiger partial charge is 0.465 e. The number of amides is 1. The number of carbonyl (C=O) groups excluding carboxylic acids is 2. The third-order valence-corrected chi connectivity index (χ3v) is 2.70. The minimum atomic E-state index is -0.578. The Balaban J connectivity index is 2.92. The van der Waals surface area contributed by atoms with Gasteiger partial charge in [-0.1, -0.05) is 23.7 Å². The fourth-order valence-electron chi connectivity index (χ4n) is 1.74. The van der Waals surface area contributed by atoms with Crippen LogP contribution in [0.1, 0.15) is 42.3 Å². The van der Waals surface area contributed by atoms with E-state index in [1.165, 1.54) is 7.11 Å². The molecule has 0 aromatic heterocycles. The molecule has 6 nitrogen and oxygen atoms in total. The Morgan fingerprint density at radius 3 is 2.52 bits per heavy atom. The first kappa shape index (κ1) is 20.1. The Hall–Kier alpha value is -2.96. The molecule has 0 radical (unpaired) electrons. The highest BCUT2D eigenvalue weighted by molar-refractivity contribution is 5.92. The summed E-state index contributed by atoms with van der Waals surface area (Å²) in [4.78, 5) is 23.4. The van der Waals surface area contributed by atoms with E-state index in [2.05, 4.69) is 29.0 Å². The van der Waals surface area contributed by atoms with E-state index in [9.17, 15) is 9.59 Å². The summed E-state index contributed by atoms with van der Waals surface area (Å²) in [7, 11) is 1.30. The van der Waals surface area contributed by atoms with Crippen LogP contribution in [0.15, 0.2) is 18.2 Å². The van der Waals surface area contributed by atoms with Gasteiger partial charge in [-0.15, -0.1) is 0 Å². The predicted molar refractivity (Wildman–Crippen MR) is 94.8 cm³/mol. The number of alkyl carbamates (subject to hydrolysis) is 1. The summed E-state index contributed by atoms with van der Waals surface area (Å²) in [6.45, 7) is 5.63. The number of esters is 1. The van der Waals surface area contributed by atoms with Gasteiger partial charge in [0.15, 0.2) is 0 Å². The summed E-state index contributed by atoms with van der Waals surface area (Å²) in [5.74, 6) is 10.7. The Morgan fingerprint density at radius 1 is 1.20 bits per heavy atom. The molecule has 0 atom stereocenters. The van der Waals surface area contributed by atoms with Crippen molar-refractivity contribution in [1.29, 1.82) is 0 Å². The van der Waals surface area contributed by atoms with Crippen LogP contribution in [-0.4, -0.2) is 37.9 Å². The summed E-state index contributed by atoms with van der Waals surface area (Å²) < 4.78 is 9.86. The van der Waals surface area contributed by atoms with Gasteiger partial charge in [0.2, 0.25) is 0 Å². The number of hydrogen-bond acceptors (Lipinski definition) is 5. The van der Waals surface area contributed by atoms with Crippen molar-refractivity contribution in [2.75, 3.05) is 20.2 Å². The van der Waals surface area contributed by atoms with E-state index in [0.29, 0.717) is 16.7 Å². The topological polar surface area (TPSA) is 90.6 Å². The van der Waals surface area contributed by atoms with Crippen LogP contribution in [0, 0.1) is 23.7 Å². The number of benzene rings is 1. The van der Waals surface area contributed by atoms with Crippen molar-refractivity contribution in [3.8, 4) is 23.7 Å². The quantitative estimate of drug-likeness (QED) is 0.630. The first-order chi connectivity index (χ1) is 11.8. The lowest BCUT2D eigenvalue weighted by Crippen LogP contribution is -2.32. The van der Waals surface area contributed by atoms with Gasteiger partial charge in [0, 0.05) is 11.1 Å². The molecule has 1 amide bonds. The molecule has 3 N–H and O–H groups in total. The molecule has 0 saturated heterocycles. The average Bonchev–Trinajstić information content (AvgIpc) is 2.54. The molecule has 0 spiro atoms. The molecule has 6 heteroatoms. The van der Waals surface area contributed by atoms with E-state index < -0.39 is 17.7 Å². The highest BCUT2D eigenvalue weighted by atomic mass is 16.6. The maximum absolute atomic E-state index is 11.8. The van der Waals surface area contributed by atoms with Gasteiger partial charge in [0.1, 0.15) is 5.60 Å². The maximum atomic E-state index is 11.8. The lowest BCUT2D eigenvalue weighted by Gasteiger charge is -2.19. The summed E-state index contributed by atoms with van der Waals surface area (Å²) in [6, 6.07) is 4.96. The smallest absolute Gasteiger partial charge is 0.408 e. The van der Waals surface area contributed by atoms with E-state index in [1.807, 2.05) is 0 Å². The highest BCUT2D eigenvalue weighted by Crippen LogP contribution is 2.12. The van der Waals surface area contributed by atoms with Gasteiger partial charge in [-0.3, -0.25) is 0 Å². The molecule has 25 heavy (non-hydrogen) atoms. The summed E-state index contributed by atoms with van der Waals surface area (Å²) in [6.07, 6.45) is -0.558. The minimum absolute atomic E-state index is 0.0776. The molecular weight excluding hydrogens is 320 g/mol. The second-order valence-electron chi connectivity index (χ2n) is 5.92. The third-order valence-electron chi connectivity index (χ3n) is 2.70. The number of nitrogens with two attached hydrogens (primary N) is 1. The average molecular weight is 342 g/mol. The molecule has 0 fully saturated rings. The van der Waals surface area contributed by atoms with Crippen molar-refractivity contribution in [1.82, 2.24) is 5.32 Å². The number of hydrogen-bond donors (Lipinski definition) is 2. The van der Waals surface area contributed by atoms with Crippen LogP contribution in [-0.2, 0) is 9.47 Å². The van der Waals surface area contributed by atoms with Crippen LogP contribution >= 0.6 is 0 Å². The van der Waals surface area contributed by atoms with Crippen molar-refractivity contribution >= 4 is 12.1 Å². The molecule has 0 bridgehead atoms. The molecule has 0 aliphatic heterocycles. The fourth-order valence-corrected chi connectivity index (χ4v) is 1.74. The Labute approximate surface area is 148 Å². The van der Waals surface area contributed by atoms with Gasteiger partial charge in [0.05, 0.1) is 25.8 Å². The van der Waals surface area contributed by atoms with Crippen LogP contribution in [0.5, 0.6) is 0 Å². The minimum Gasteiger partial charge on any atom is -0.465 e. The molecule has 1 aromatic rings. The Bertz CT molecular complexity index is 756. The first-order valence-corrected chi connectivity index (χ1v) is 7.64. The van der Waals surface area contributed by atoms with Crippen LogP contribution in [0.2, 0.25) is 0 Å². The van der Waals surface area contributed by atoms with Gasteiger partial charge in [-0.05, 0) is 39.0 Å². The Kier molecular flexibility index (Phi) is 7.52. The van der Waals surface area contributed by atoms with Gasteiger partial charge >= 0.3 is 12.1 Å². The van der Waals surface area contributed by atoms with E-state index >= 15 is 0 Å². The zero-order valence-electron chi connectivity index (χ0n) is 14.9. The molecular formula is C19H22N2O4. The summed E-state index contributed by atoms with van der Waals surface area (Å²) >= 11 is 0. The molecule has 0 aliphatic rings. The Morgan fingerprint density at radius 2 is 1.92 bits per heavy atom. The maximum Gasteiger partial charge on any atom is 0.408 e. The van der Waals surface area contributed by atoms with Crippen LogP contribution in [0.25, 0.3) is 0 Å². The summed E-state index contributed by atoms with van der Waals surface area (Å²) in [5, 5.41) is 2.53. The molecule has 132 valence electrons. The van der Waals surface area contributed by atoms with E-state index in [4.69, 9.17) is 15.2 Å². The predicted octanol–water partition coefficient (Wildman–Crippen LogP) is 1.66. The van der Waals surface area contributed by atoms with Crippen LogP contribution in [0.4, 0.5) is 4.79 Å². The van der Waals surface area contributed by atoms with E-state index in [1.54, 1.807) is 39.0 Å². The highest BCUT2D eigenvalue weighted by Gasteiger charge is 2.15. The number of rotatable bonds is 2. The number of nitrogens with one attached hydrogen (secondary N) is 1. The molecule has 0 unspecified atom stereocenters. The molecule has 0 saturated carbocycles. The van der Waals surface area contributed by atoms with Crippen molar-refractivity contribution in [3.63, 3.8) is 0 Å². The third kappa shape index (κ3) is 7.43. The van der Waals surface area contributed by atoms with Crippen LogP contribution < -0.4 is 11.1 Å². The van der Waals surface area contributed by atoms with Gasteiger partial charge in [0.25, 0.3) is 0 Å². The van der Waals surface area contributed by atoms with Crippen molar-refractivity contribution < 1.29 is 19.1 Å². The van der Waals surface area contributed by atoms with Crippen molar-refractivity contribution in [2.45, 2.75) is 26.4 Å². The SMILES string of the molecule is COC(=O)c1ccc(C#CCN)cc1C#CCNC(=O)OC(C)(C)C. The normalized spacial score (nSPS) is 9.80. The number of carbonyl (C=O) groups is 2.